The van der Waals surface area contributed by atoms with E-state index in [0.29, 0.717) is 22.9 Å². The first-order chi connectivity index (χ1) is 21.5. The Morgan fingerprint density at radius 2 is 1.20 bits per heavy atom. The molecule has 1 aromatic rings. The van der Waals surface area contributed by atoms with Gasteiger partial charge in [-0.1, -0.05) is 106 Å². The van der Waals surface area contributed by atoms with Crippen molar-refractivity contribution in [2.45, 2.75) is 117 Å². The number of carbonyl (C=O) groups is 1. The quantitative estimate of drug-likeness (QED) is 0.0512. The summed E-state index contributed by atoms with van der Waals surface area (Å²) in [5.74, 6) is 0.854. The number of benzene rings is 1. The highest BCUT2D eigenvalue weighted by molar-refractivity contribution is 6.68. The van der Waals surface area contributed by atoms with Crippen molar-refractivity contribution in [1.29, 1.82) is 0 Å². The average Bonchev–Trinajstić information content (AvgIpc) is 3.46. The molecule has 1 aliphatic rings. The molecule has 44 heavy (non-hydrogen) atoms. The van der Waals surface area contributed by atoms with E-state index in [1.165, 1.54) is 98.4 Å². The number of nitrogens with zero attached hydrogens (tertiary/aromatic N) is 5. The van der Waals surface area contributed by atoms with E-state index in [1.807, 2.05) is 0 Å². The molecule has 11 nitrogen and oxygen atoms in total. The summed E-state index contributed by atoms with van der Waals surface area (Å²) in [5.41, 5.74) is 0.266. The van der Waals surface area contributed by atoms with E-state index >= 15 is 0 Å². The molecule has 0 aliphatic carbocycles. The molecule has 1 aromatic carbocycles. The lowest BCUT2D eigenvalue weighted by Gasteiger charge is -2.21. The van der Waals surface area contributed by atoms with Gasteiger partial charge in [0.2, 0.25) is 5.71 Å². The minimum absolute atomic E-state index is 0.0666. The third-order valence-electron chi connectivity index (χ3n) is 7.89. The molecule has 1 heterocycles. The zero-order valence-electron chi connectivity index (χ0n) is 28.2. The van der Waals surface area contributed by atoms with E-state index in [9.17, 15) is 4.79 Å². The van der Waals surface area contributed by atoms with Gasteiger partial charge in [0, 0.05) is 25.0 Å². The summed E-state index contributed by atoms with van der Waals surface area (Å²) in [6.45, 7) is 5.96. The number of unbranched alkanes of at least 4 members (excludes halogenated alkanes) is 14. The number of nitrogens with one attached hydrogen (secondary N) is 1. The van der Waals surface area contributed by atoms with Gasteiger partial charge >= 0.3 is 0 Å². The first-order valence-corrected chi connectivity index (χ1v) is 16.6. The monoisotopic (exact) mass is 617 g/mol. The lowest BCUT2D eigenvalue weighted by atomic mass is 10.1. The Balaban J connectivity index is 2.16. The summed E-state index contributed by atoms with van der Waals surface area (Å²) in [5, 5.41) is 20.7. The largest absolute Gasteiger partial charge is 0.496 e. The number of ether oxygens (including phenoxy) is 3. The molecule has 1 amide bonds. The van der Waals surface area contributed by atoms with Gasteiger partial charge < -0.3 is 24.4 Å². The third kappa shape index (κ3) is 12.4. The molecule has 0 unspecified atom stereocenters. The zero-order chi connectivity index (χ0) is 32.0. The Morgan fingerprint density at radius 1 is 0.727 bits per heavy atom. The minimum atomic E-state index is -0.564. The number of methoxy groups -OCH3 is 3. The lowest BCUT2D eigenvalue weighted by Crippen LogP contribution is -2.38. The highest BCUT2D eigenvalue weighted by Crippen LogP contribution is 2.39. The van der Waals surface area contributed by atoms with Gasteiger partial charge in [0.25, 0.3) is 11.7 Å². The van der Waals surface area contributed by atoms with E-state index in [4.69, 9.17) is 24.1 Å². The number of rotatable bonds is 25. The van der Waals surface area contributed by atoms with Gasteiger partial charge in [-0.15, -0.1) is 0 Å². The van der Waals surface area contributed by atoms with Crippen molar-refractivity contribution in [2.75, 3.05) is 46.8 Å². The molecule has 1 aliphatic heterocycles. The van der Waals surface area contributed by atoms with E-state index < -0.39 is 5.91 Å². The van der Waals surface area contributed by atoms with Crippen LogP contribution >= 0.6 is 0 Å². The Morgan fingerprint density at radius 3 is 1.64 bits per heavy atom. The van der Waals surface area contributed by atoms with E-state index in [1.54, 1.807) is 19.2 Å². The molecule has 0 saturated heterocycles. The number of hydrogen-bond donors (Lipinski definition) is 1. The summed E-state index contributed by atoms with van der Waals surface area (Å²) in [7, 11) is 5.94. The second-order valence-electron chi connectivity index (χ2n) is 11.4. The Hall–Kier alpha value is -3.21. The third-order valence-corrected chi connectivity index (χ3v) is 7.89. The van der Waals surface area contributed by atoms with Crippen molar-refractivity contribution < 1.29 is 28.5 Å². The van der Waals surface area contributed by atoms with Crippen molar-refractivity contribution in [3.63, 3.8) is 0 Å². The molecular formula is C33H57N6O5+. The van der Waals surface area contributed by atoms with Crippen molar-refractivity contribution in [2.24, 2.45) is 20.6 Å². The van der Waals surface area contributed by atoms with Crippen LogP contribution in [0.25, 0.3) is 0 Å². The van der Waals surface area contributed by atoms with Gasteiger partial charge in [0.05, 0.1) is 26.6 Å². The maximum Gasteiger partial charge on any atom is 0.282 e. The van der Waals surface area contributed by atoms with Gasteiger partial charge in [-0.3, -0.25) is 4.79 Å². The van der Waals surface area contributed by atoms with Gasteiger partial charge in [0.15, 0.2) is 0 Å². The Bertz CT molecular complexity index is 1030. The van der Waals surface area contributed by atoms with E-state index in [-0.39, 0.29) is 16.2 Å². The summed E-state index contributed by atoms with van der Waals surface area (Å²) < 4.78 is 16.4. The van der Waals surface area contributed by atoms with Crippen LogP contribution in [0.4, 0.5) is 5.69 Å². The molecule has 0 atom stereocenters. The van der Waals surface area contributed by atoms with Gasteiger partial charge in [-0.2, -0.15) is 0 Å². The van der Waals surface area contributed by atoms with Crippen molar-refractivity contribution in [1.82, 2.24) is 0 Å². The van der Waals surface area contributed by atoms with Crippen molar-refractivity contribution >= 4 is 23.1 Å². The van der Waals surface area contributed by atoms with Crippen molar-refractivity contribution in [3.05, 3.63) is 12.1 Å². The number of hydrogen-bond acceptors (Lipinski definition) is 9. The number of anilines is 1. The molecule has 0 saturated carbocycles. The number of amidine groups is 1. The maximum absolute atomic E-state index is 13.6. The molecule has 0 spiro atoms. The van der Waals surface area contributed by atoms with Crippen LogP contribution in [0.1, 0.15) is 117 Å². The Labute approximate surface area is 265 Å². The first kappa shape index (κ1) is 37.0. The van der Waals surface area contributed by atoms with Crippen LogP contribution in [0.3, 0.4) is 0 Å². The smallest absolute Gasteiger partial charge is 0.282 e. The van der Waals surface area contributed by atoms with E-state index in [2.05, 4.69) is 34.7 Å². The standard InChI is InChI=1S/C33H56N6O5/c1-7-9-11-13-15-17-19-21-23-39(24-22-20-18-16-14-12-10-8-2)36-32(35-38-39)31(37-44-6)33(40)34-30-28(42-4)25-27(41-3)26-29(30)43-5/h25-26H,7-24H2,1-6H3/p+1/b37-31+. The van der Waals surface area contributed by atoms with Crippen LogP contribution < -0.4 is 19.5 Å². The molecule has 2 rings (SSSR count). The minimum Gasteiger partial charge on any atom is -0.496 e. The van der Waals surface area contributed by atoms with Gasteiger partial charge in [0.1, 0.15) is 43.1 Å². The molecule has 0 bridgehead atoms. The highest BCUT2D eigenvalue weighted by atomic mass is 16.6. The van der Waals surface area contributed by atoms with Crippen LogP contribution in [0.5, 0.6) is 17.2 Å². The van der Waals surface area contributed by atoms with Crippen LogP contribution in [0, 0.1) is 0 Å². The predicted molar refractivity (Wildman–Crippen MR) is 177 cm³/mol. The van der Waals surface area contributed by atoms with Crippen LogP contribution in [0.15, 0.2) is 32.7 Å². The molecule has 11 heteroatoms. The molecule has 1 N–H and O–H groups in total. The number of carbonyl (C=O) groups excluding carboxylic acids is 1. The maximum atomic E-state index is 13.6. The van der Waals surface area contributed by atoms with Gasteiger partial charge in [-0.05, 0) is 17.9 Å². The predicted octanol–water partition coefficient (Wildman–Crippen LogP) is 8.45. The average molecular weight is 618 g/mol. The molecular weight excluding hydrogens is 560 g/mol. The van der Waals surface area contributed by atoms with Crippen LogP contribution in [-0.4, -0.2) is 63.7 Å². The fraction of sp³-hybridized carbons (Fsp3) is 0.727. The zero-order valence-corrected chi connectivity index (χ0v) is 28.2. The fourth-order valence-corrected chi connectivity index (χ4v) is 5.31. The first-order valence-electron chi connectivity index (χ1n) is 16.6. The highest BCUT2D eigenvalue weighted by Gasteiger charge is 2.38. The Kier molecular flexibility index (Phi) is 18.1. The second-order valence-corrected chi connectivity index (χ2v) is 11.4. The summed E-state index contributed by atoms with van der Waals surface area (Å²) in [4.78, 5) is 18.6. The summed E-state index contributed by atoms with van der Waals surface area (Å²) in [6, 6.07) is 3.32. The molecule has 0 fully saturated rings. The normalized spacial score (nSPS) is 14.0. The molecule has 0 radical (unpaired) electrons. The number of amides is 1. The SMILES string of the molecule is CCCCCCCCCC[N+]1(CCCCCCCCCC)N=NC(/C(=N\OC)C(=O)Nc2c(OC)cc(OC)cc2OC)=N1. The fourth-order valence-electron chi connectivity index (χ4n) is 5.31. The lowest BCUT2D eigenvalue weighted by molar-refractivity contribution is -0.942. The molecule has 248 valence electrons. The summed E-state index contributed by atoms with van der Waals surface area (Å²) >= 11 is 0. The van der Waals surface area contributed by atoms with Gasteiger partial charge in [-0.25, -0.2) is 0 Å². The van der Waals surface area contributed by atoms with E-state index in [0.717, 1.165) is 38.8 Å². The molecule has 0 aromatic heterocycles. The topological polar surface area (TPSA) is 115 Å². The van der Waals surface area contributed by atoms with Crippen LogP contribution in [-0.2, 0) is 9.63 Å². The second kappa shape index (κ2) is 21.5. The van der Waals surface area contributed by atoms with Crippen LogP contribution in [0.2, 0.25) is 0 Å². The summed E-state index contributed by atoms with van der Waals surface area (Å²) in [6.07, 6.45) is 19.5. The number of quaternary nitrogens is 1. The van der Waals surface area contributed by atoms with Crippen molar-refractivity contribution in [3.8, 4) is 17.2 Å². The number of oxime groups is 1.